The standard InChI is InChI=1S/C17H17N3O2S/c1-11(13-9-8-12(21-2)10-15(13)22-3)19-20-17-18-14-6-4-5-7-16(14)23-17/h4-10H,1-3H3,(H,18,20)/b19-11-. The largest absolute Gasteiger partial charge is 0.497 e. The van der Waals surface area contributed by atoms with Crippen LogP contribution < -0.4 is 14.9 Å². The summed E-state index contributed by atoms with van der Waals surface area (Å²) in [5.74, 6) is 1.47. The minimum absolute atomic E-state index is 0.719. The lowest BCUT2D eigenvalue weighted by atomic mass is 10.1. The number of nitrogens with one attached hydrogen (secondary N) is 1. The molecule has 0 unspecified atom stereocenters. The number of hydrogen-bond acceptors (Lipinski definition) is 6. The second kappa shape index (κ2) is 6.66. The zero-order valence-electron chi connectivity index (χ0n) is 13.2. The predicted octanol–water partition coefficient (Wildman–Crippen LogP) is 4.15. The molecule has 0 saturated heterocycles. The molecule has 0 aliphatic carbocycles. The molecule has 0 atom stereocenters. The third-order valence-electron chi connectivity index (χ3n) is 3.41. The topological polar surface area (TPSA) is 55.7 Å². The lowest BCUT2D eigenvalue weighted by Gasteiger charge is -2.10. The van der Waals surface area contributed by atoms with Crippen LogP contribution in [0.2, 0.25) is 0 Å². The highest BCUT2D eigenvalue weighted by Gasteiger charge is 2.08. The van der Waals surface area contributed by atoms with Gasteiger partial charge < -0.3 is 9.47 Å². The van der Waals surface area contributed by atoms with E-state index in [1.807, 2.05) is 49.4 Å². The number of nitrogens with zero attached hydrogens (tertiary/aromatic N) is 2. The van der Waals surface area contributed by atoms with E-state index in [1.54, 1.807) is 25.6 Å². The molecule has 0 saturated carbocycles. The van der Waals surface area contributed by atoms with Crippen LogP contribution in [0.15, 0.2) is 47.6 Å². The molecule has 0 radical (unpaired) electrons. The highest BCUT2D eigenvalue weighted by molar-refractivity contribution is 7.22. The number of ether oxygens (including phenoxy) is 2. The molecule has 1 aromatic heterocycles. The van der Waals surface area contributed by atoms with Crippen molar-refractivity contribution < 1.29 is 9.47 Å². The van der Waals surface area contributed by atoms with Gasteiger partial charge in [0.25, 0.3) is 0 Å². The summed E-state index contributed by atoms with van der Waals surface area (Å²) in [6.07, 6.45) is 0. The van der Waals surface area contributed by atoms with Crippen LogP contribution in [0, 0.1) is 0 Å². The number of hydrazone groups is 1. The molecular formula is C17H17N3O2S. The van der Waals surface area contributed by atoms with Gasteiger partial charge in [0.15, 0.2) is 0 Å². The normalized spacial score (nSPS) is 11.5. The quantitative estimate of drug-likeness (QED) is 0.565. The summed E-state index contributed by atoms with van der Waals surface area (Å²) < 4.78 is 11.7. The van der Waals surface area contributed by atoms with E-state index in [9.17, 15) is 0 Å². The molecular weight excluding hydrogens is 310 g/mol. The summed E-state index contributed by atoms with van der Waals surface area (Å²) in [4.78, 5) is 4.50. The van der Waals surface area contributed by atoms with Crippen molar-refractivity contribution in [3.05, 3.63) is 48.0 Å². The second-order valence-electron chi connectivity index (χ2n) is 4.86. The number of anilines is 1. The van der Waals surface area contributed by atoms with Crippen molar-refractivity contribution in [2.24, 2.45) is 5.10 Å². The van der Waals surface area contributed by atoms with Gasteiger partial charge in [-0.25, -0.2) is 4.98 Å². The fourth-order valence-electron chi connectivity index (χ4n) is 2.21. The lowest BCUT2D eigenvalue weighted by molar-refractivity contribution is 0.394. The first kappa shape index (κ1) is 15.3. The summed E-state index contributed by atoms with van der Waals surface area (Å²) in [6.45, 7) is 1.92. The molecule has 118 valence electrons. The number of aromatic nitrogens is 1. The van der Waals surface area contributed by atoms with Gasteiger partial charge in [-0.05, 0) is 31.2 Å². The maximum atomic E-state index is 5.41. The van der Waals surface area contributed by atoms with Crippen LogP contribution >= 0.6 is 11.3 Å². The molecule has 5 nitrogen and oxygen atoms in total. The van der Waals surface area contributed by atoms with Gasteiger partial charge >= 0.3 is 0 Å². The first-order chi connectivity index (χ1) is 11.2. The van der Waals surface area contributed by atoms with Crippen LogP contribution in [-0.4, -0.2) is 24.9 Å². The summed E-state index contributed by atoms with van der Waals surface area (Å²) in [5, 5.41) is 5.18. The average molecular weight is 327 g/mol. The Labute approximate surface area is 138 Å². The Morgan fingerprint density at radius 2 is 1.96 bits per heavy atom. The molecule has 1 N–H and O–H groups in total. The SMILES string of the molecule is COc1ccc(/C(C)=N\Nc2nc3ccccc3s2)c(OC)c1. The van der Waals surface area contributed by atoms with E-state index >= 15 is 0 Å². The van der Waals surface area contributed by atoms with Gasteiger partial charge in [-0.2, -0.15) is 5.10 Å². The van der Waals surface area contributed by atoms with Crippen molar-refractivity contribution in [1.29, 1.82) is 0 Å². The third kappa shape index (κ3) is 3.27. The van der Waals surface area contributed by atoms with E-state index in [2.05, 4.69) is 15.5 Å². The first-order valence-corrected chi connectivity index (χ1v) is 7.91. The van der Waals surface area contributed by atoms with Gasteiger partial charge in [0.2, 0.25) is 5.13 Å². The van der Waals surface area contributed by atoms with Crippen molar-refractivity contribution in [2.45, 2.75) is 6.92 Å². The van der Waals surface area contributed by atoms with Gasteiger partial charge in [0, 0.05) is 11.6 Å². The Morgan fingerprint density at radius 1 is 1.13 bits per heavy atom. The van der Waals surface area contributed by atoms with E-state index in [4.69, 9.17) is 9.47 Å². The second-order valence-corrected chi connectivity index (χ2v) is 5.89. The molecule has 0 amide bonds. The predicted molar refractivity (Wildman–Crippen MR) is 95.0 cm³/mol. The van der Waals surface area contributed by atoms with Crippen molar-refractivity contribution >= 4 is 32.4 Å². The van der Waals surface area contributed by atoms with Crippen LogP contribution in [0.5, 0.6) is 11.5 Å². The number of benzene rings is 2. The number of fused-ring (bicyclic) bond motifs is 1. The smallest absolute Gasteiger partial charge is 0.204 e. The van der Waals surface area contributed by atoms with E-state index in [1.165, 1.54) is 0 Å². The van der Waals surface area contributed by atoms with Crippen molar-refractivity contribution in [3.63, 3.8) is 0 Å². The number of thiazole rings is 1. The lowest BCUT2D eigenvalue weighted by Crippen LogP contribution is -2.02. The maximum absolute atomic E-state index is 5.41. The van der Waals surface area contributed by atoms with Crippen LogP contribution in [-0.2, 0) is 0 Å². The highest BCUT2D eigenvalue weighted by atomic mass is 32.1. The zero-order chi connectivity index (χ0) is 16.2. The minimum Gasteiger partial charge on any atom is -0.497 e. The summed E-state index contributed by atoms with van der Waals surface area (Å²) in [6, 6.07) is 13.7. The number of hydrogen-bond donors (Lipinski definition) is 1. The summed E-state index contributed by atoms with van der Waals surface area (Å²) in [7, 11) is 3.26. The third-order valence-corrected chi connectivity index (χ3v) is 4.35. The van der Waals surface area contributed by atoms with E-state index in [0.717, 1.165) is 38.1 Å². The number of methoxy groups -OCH3 is 2. The van der Waals surface area contributed by atoms with E-state index in [0.29, 0.717) is 0 Å². The zero-order valence-corrected chi connectivity index (χ0v) is 14.0. The van der Waals surface area contributed by atoms with Crippen LogP contribution in [0.3, 0.4) is 0 Å². The van der Waals surface area contributed by atoms with Gasteiger partial charge in [0.1, 0.15) is 11.5 Å². The Balaban J connectivity index is 1.84. The van der Waals surface area contributed by atoms with Crippen LogP contribution in [0.1, 0.15) is 12.5 Å². The van der Waals surface area contributed by atoms with Gasteiger partial charge in [-0.3, -0.25) is 5.43 Å². The first-order valence-electron chi connectivity index (χ1n) is 7.09. The number of rotatable bonds is 5. The molecule has 2 aromatic carbocycles. The molecule has 1 heterocycles. The fraction of sp³-hybridized carbons (Fsp3) is 0.176. The molecule has 0 aliphatic rings. The molecule has 23 heavy (non-hydrogen) atoms. The van der Waals surface area contributed by atoms with Gasteiger partial charge in [0.05, 0.1) is 30.1 Å². The average Bonchev–Trinajstić information content (AvgIpc) is 3.02. The molecule has 0 fully saturated rings. The van der Waals surface area contributed by atoms with Gasteiger partial charge in [-0.1, -0.05) is 23.5 Å². The summed E-state index contributed by atoms with van der Waals surface area (Å²) >= 11 is 1.57. The molecule has 3 rings (SSSR count). The number of para-hydroxylation sites is 1. The Bertz CT molecular complexity index is 825. The summed E-state index contributed by atoms with van der Waals surface area (Å²) in [5.41, 5.74) is 5.70. The molecule has 6 heteroatoms. The Hall–Kier alpha value is -2.60. The van der Waals surface area contributed by atoms with Crippen LogP contribution in [0.4, 0.5) is 5.13 Å². The van der Waals surface area contributed by atoms with Gasteiger partial charge in [-0.15, -0.1) is 0 Å². The Kier molecular flexibility index (Phi) is 4.43. The van der Waals surface area contributed by atoms with Crippen molar-refractivity contribution in [2.75, 3.05) is 19.6 Å². The van der Waals surface area contributed by atoms with E-state index in [-0.39, 0.29) is 0 Å². The van der Waals surface area contributed by atoms with Crippen molar-refractivity contribution in [3.8, 4) is 11.5 Å². The fourth-order valence-corrected chi connectivity index (χ4v) is 3.02. The minimum atomic E-state index is 0.719. The van der Waals surface area contributed by atoms with Crippen LogP contribution in [0.25, 0.3) is 10.2 Å². The molecule has 0 spiro atoms. The van der Waals surface area contributed by atoms with E-state index < -0.39 is 0 Å². The monoisotopic (exact) mass is 327 g/mol. The highest BCUT2D eigenvalue weighted by Crippen LogP contribution is 2.27. The molecule has 0 aliphatic heterocycles. The molecule has 3 aromatic rings. The Morgan fingerprint density at radius 3 is 2.70 bits per heavy atom. The van der Waals surface area contributed by atoms with Crippen molar-refractivity contribution in [1.82, 2.24) is 4.98 Å². The maximum Gasteiger partial charge on any atom is 0.204 e. The molecule has 0 bridgehead atoms.